The second kappa shape index (κ2) is 13.6. The van der Waals surface area contributed by atoms with E-state index in [1.807, 2.05) is 4.90 Å². The van der Waals surface area contributed by atoms with Gasteiger partial charge in [0.2, 0.25) is 0 Å². The predicted octanol–water partition coefficient (Wildman–Crippen LogP) is 1.95. The van der Waals surface area contributed by atoms with E-state index >= 15 is 0 Å². The van der Waals surface area contributed by atoms with Gasteiger partial charge in [0.15, 0.2) is 17.2 Å². The maximum Gasteiger partial charge on any atom is 0.272 e. The zero-order chi connectivity index (χ0) is 33.2. The van der Waals surface area contributed by atoms with Crippen LogP contribution >= 0.6 is 0 Å². The molecule has 0 aliphatic carbocycles. The molecule has 13 heteroatoms. The molecule has 0 aromatic heterocycles. The van der Waals surface area contributed by atoms with E-state index in [4.69, 9.17) is 10.5 Å². The highest BCUT2D eigenvalue weighted by Crippen LogP contribution is 2.34. The summed E-state index contributed by atoms with van der Waals surface area (Å²) < 4.78 is 5.18. The number of nitrogens with two attached hydrogens (primary N) is 1. The van der Waals surface area contributed by atoms with Crippen molar-refractivity contribution in [1.82, 2.24) is 19.6 Å². The quantitative estimate of drug-likeness (QED) is 0.175. The number of benzene rings is 2. The van der Waals surface area contributed by atoms with Gasteiger partial charge in [0, 0.05) is 51.4 Å². The molecule has 2 atom stereocenters. The first kappa shape index (κ1) is 32.3. The minimum Gasteiger partial charge on any atom is -0.505 e. The number of fused-ring (bicyclic) bond motifs is 2. The van der Waals surface area contributed by atoms with Gasteiger partial charge < -0.3 is 35.8 Å². The molecule has 7 rings (SSSR count). The van der Waals surface area contributed by atoms with Crippen LogP contribution in [0.5, 0.6) is 17.2 Å². The SMILES string of the molecule is CCOc1c(Nc2cccc(C(=O)N3CCN4CCC[C@@H]4C3)c2O)c(=O)c1=O.Nc1cccc(C(=O)N2CCN3CCC[C@@H]3C2)c1O. The fourth-order valence-corrected chi connectivity index (χ4v) is 7.14. The summed E-state index contributed by atoms with van der Waals surface area (Å²) in [6, 6.07) is 10.6. The molecule has 250 valence electrons. The minimum absolute atomic E-state index is 0.00585. The standard InChI is InChI=1S/C20H23N3O5.C14H19N3O2/c1-2-28-19-15(17(25)18(19)26)21-14-7-3-6-13(16(14)24)20(27)23-10-9-22-8-4-5-12(22)11-23;15-12-5-1-4-11(13(12)18)14(19)17-8-7-16-6-2-3-10(16)9-17/h3,6-7,12,21,24H,2,4-5,8-11H2,1H3;1,4-5,10,18H,2-3,6-9,15H2/t12-;10-/m11/s1. The zero-order valence-corrected chi connectivity index (χ0v) is 26.6. The Morgan fingerprint density at radius 1 is 0.809 bits per heavy atom. The first-order chi connectivity index (χ1) is 22.7. The fourth-order valence-electron chi connectivity index (χ4n) is 7.14. The second-order valence-corrected chi connectivity index (χ2v) is 12.5. The topological polar surface area (TPSA) is 169 Å². The number of nitrogens with zero attached hydrogens (tertiary/aromatic N) is 4. The van der Waals surface area contributed by atoms with Gasteiger partial charge in [0.25, 0.3) is 22.7 Å². The van der Waals surface area contributed by atoms with Crippen LogP contribution in [0.25, 0.3) is 0 Å². The van der Waals surface area contributed by atoms with Crippen LogP contribution in [0, 0.1) is 0 Å². The summed E-state index contributed by atoms with van der Waals surface area (Å²) in [6.07, 6.45) is 4.62. The van der Waals surface area contributed by atoms with Crippen molar-refractivity contribution in [2.75, 3.05) is 70.0 Å². The van der Waals surface area contributed by atoms with Gasteiger partial charge in [-0.1, -0.05) is 12.1 Å². The maximum absolute atomic E-state index is 13.0. The van der Waals surface area contributed by atoms with Gasteiger partial charge in [0.05, 0.1) is 29.1 Å². The number of piperazine rings is 2. The molecular formula is C34H42N6O7. The lowest BCUT2D eigenvalue weighted by atomic mass is 10.1. The highest BCUT2D eigenvalue weighted by atomic mass is 16.5. The Morgan fingerprint density at radius 3 is 1.94 bits per heavy atom. The average molecular weight is 647 g/mol. The highest BCUT2D eigenvalue weighted by Gasteiger charge is 2.35. The van der Waals surface area contributed by atoms with Gasteiger partial charge in [0.1, 0.15) is 5.69 Å². The molecule has 0 bridgehead atoms. The van der Waals surface area contributed by atoms with Crippen molar-refractivity contribution in [1.29, 1.82) is 0 Å². The molecule has 4 aliphatic heterocycles. The van der Waals surface area contributed by atoms with E-state index in [0.29, 0.717) is 30.7 Å². The van der Waals surface area contributed by atoms with E-state index in [1.54, 1.807) is 48.2 Å². The third-order valence-electron chi connectivity index (χ3n) is 9.73. The molecule has 0 spiro atoms. The molecule has 3 aromatic carbocycles. The number of ether oxygens (including phenoxy) is 1. The summed E-state index contributed by atoms with van der Waals surface area (Å²) in [5.41, 5.74) is 5.20. The fraction of sp³-hybridized carbons (Fsp3) is 0.471. The number of nitrogens with one attached hydrogen (secondary N) is 1. The van der Waals surface area contributed by atoms with Crippen LogP contribution in [-0.2, 0) is 0 Å². The number of rotatable bonds is 6. The second-order valence-electron chi connectivity index (χ2n) is 12.5. The third kappa shape index (κ3) is 6.37. The van der Waals surface area contributed by atoms with Crippen LogP contribution in [0.2, 0.25) is 0 Å². The number of phenolic OH excluding ortho intramolecular Hbond substituents is 2. The van der Waals surface area contributed by atoms with Gasteiger partial charge in [-0.15, -0.1) is 0 Å². The Hall–Kier alpha value is -4.62. The van der Waals surface area contributed by atoms with Gasteiger partial charge in [-0.2, -0.15) is 0 Å². The van der Waals surface area contributed by atoms with Crippen molar-refractivity contribution in [3.05, 3.63) is 68.0 Å². The third-order valence-corrected chi connectivity index (χ3v) is 9.73. The van der Waals surface area contributed by atoms with Crippen LogP contribution in [0.1, 0.15) is 53.3 Å². The molecule has 3 aromatic rings. The number of phenols is 2. The summed E-state index contributed by atoms with van der Waals surface area (Å²) in [5.74, 6) is -0.724. The van der Waals surface area contributed by atoms with Crippen LogP contribution in [-0.4, -0.2) is 113 Å². The number of anilines is 3. The lowest BCUT2D eigenvalue weighted by Crippen LogP contribution is -2.52. The van der Waals surface area contributed by atoms with Crippen molar-refractivity contribution < 1.29 is 24.5 Å². The van der Waals surface area contributed by atoms with E-state index in [9.17, 15) is 29.4 Å². The Balaban J connectivity index is 0.000000177. The summed E-state index contributed by atoms with van der Waals surface area (Å²) in [5, 5.41) is 23.3. The van der Waals surface area contributed by atoms with Crippen molar-refractivity contribution in [3.63, 3.8) is 0 Å². The Labute approximate surface area is 272 Å². The van der Waals surface area contributed by atoms with Crippen LogP contribution < -0.4 is 26.6 Å². The summed E-state index contributed by atoms with van der Waals surface area (Å²) in [4.78, 5) is 57.3. The van der Waals surface area contributed by atoms with E-state index in [2.05, 4.69) is 15.1 Å². The van der Waals surface area contributed by atoms with Crippen LogP contribution in [0.3, 0.4) is 0 Å². The molecule has 5 N–H and O–H groups in total. The zero-order valence-electron chi connectivity index (χ0n) is 26.6. The number of para-hydroxylation sites is 2. The maximum atomic E-state index is 13.0. The molecule has 0 saturated carbocycles. The molecule has 0 unspecified atom stereocenters. The lowest BCUT2D eigenvalue weighted by molar-refractivity contribution is 0.0563. The Bertz CT molecular complexity index is 1720. The Kier molecular flexibility index (Phi) is 9.37. The van der Waals surface area contributed by atoms with Gasteiger partial charge >= 0.3 is 0 Å². The largest absolute Gasteiger partial charge is 0.505 e. The first-order valence-electron chi connectivity index (χ1n) is 16.4. The number of nitrogen functional groups attached to an aromatic ring is 1. The average Bonchev–Trinajstić information content (AvgIpc) is 3.77. The number of amides is 2. The molecule has 4 fully saturated rings. The number of carbonyl (C=O) groups is 2. The molecule has 4 aliphatic rings. The van der Waals surface area contributed by atoms with Gasteiger partial charge in [-0.25, -0.2) is 0 Å². The molecule has 47 heavy (non-hydrogen) atoms. The normalized spacial score (nSPS) is 21.1. The number of carbonyl (C=O) groups excluding carboxylic acids is 2. The molecular weight excluding hydrogens is 604 g/mol. The van der Waals surface area contributed by atoms with Crippen molar-refractivity contribution in [3.8, 4) is 17.2 Å². The Morgan fingerprint density at radius 2 is 1.36 bits per heavy atom. The summed E-state index contributed by atoms with van der Waals surface area (Å²) in [7, 11) is 0. The summed E-state index contributed by atoms with van der Waals surface area (Å²) >= 11 is 0. The molecule has 13 nitrogen and oxygen atoms in total. The van der Waals surface area contributed by atoms with E-state index in [0.717, 1.165) is 58.5 Å². The summed E-state index contributed by atoms with van der Waals surface area (Å²) in [6.45, 7) is 8.73. The molecule has 0 radical (unpaired) electrons. The van der Waals surface area contributed by atoms with E-state index in [1.165, 1.54) is 6.42 Å². The predicted molar refractivity (Wildman–Crippen MR) is 177 cm³/mol. The lowest BCUT2D eigenvalue weighted by Gasteiger charge is -2.37. The van der Waals surface area contributed by atoms with Crippen molar-refractivity contribution in [2.45, 2.75) is 44.7 Å². The molecule has 2 amide bonds. The van der Waals surface area contributed by atoms with Crippen molar-refractivity contribution in [2.24, 2.45) is 0 Å². The monoisotopic (exact) mass is 646 g/mol. The van der Waals surface area contributed by atoms with Crippen LogP contribution in [0.15, 0.2) is 46.0 Å². The van der Waals surface area contributed by atoms with E-state index in [-0.39, 0.29) is 58.3 Å². The number of hydrogen-bond donors (Lipinski definition) is 4. The van der Waals surface area contributed by atoms with Gasteiger partial charge in [-0.3, -0.25) is 29.0 Å². The number of hydrogen-bond acceptors (Lipinski definition) is 11. The first-order valence-corrected chi connectivity index (χ1v) is 16.4. The van der Waals surface area contributed by atoms with Crippen molar-refractivity contribution >= 4 is 28.9 Å². The minimum atomic E-state index is -0.697. The van der Waals surface area contributed by atoms with Crippen LogP contribution in [0.4, 0.5) is 17.1 Å². The molecule has 4 saturated heterocycles. The highest BCUT2D eigenvalue weighted by molar-refractivity contribution is 5.99. The van der Waals surface area contributed by atoms with E-state index < -0.39 is 10.9 Å². The molecule has 4 heterocycles. The number of aromatic hydroxyl groups is 2. The smallest absolute Gasteiger partial charge is 0.272 e. The van der Waals surface area contributed by atoms with Gasteiger partial charge in [-0.05, 0) is 70.0 Å².